The van der Waals surface area contributed by atoms with Crippen LogP contribution in [-0.2, 0) is 24.3 Å². The minimum Gasteiger partial charge on any atom is -0.468 e. The third-order valence-electron chi connectivity index (χ3n) is 3.72. The average Bonchev–Trinajstić information content (AvgIpc) is 2.62. The Morgan fingerprint density at radius 2 is 1.72 bits per heavy atom. The number of hydrogen-bond acceptors (Lipinski definition) is 6. The molecule has 0 bridgehead atoms. The van der Waals surface area contributed by atoms with Gasteiger partial charge in [0.25, 0.3) is 0 Å². The van der Waals surface area contributed by atoms with Gasteiger partial charge in [-0.05, 0) is 24.3 Å². The van der Waals surface area contributed by atoms with Gasteiger partial charge in [-0.1, -0.05) is 11.6 Å². The van der Waals surface area contributed by atoms with Gasteiger partial charge in [0, 0.05) is 31.2 Å². The lowest BCUT2D eigenvalue weighted by Gasteiger charge is -2.34. The largest absolute Gasteiger partial charge is 0.468 e. The molecule has 7 nitrogen and oxygen atoms in total. The number of ether oxygens (including phenoxy) is 1. The van der Waals surface area contributed by atoms with Gasteiger partial charge in [-0.25, -0.2) is 8.42 Å². The van der Waals surface area contributed by atoms with Crippen LogP contribution in [-0.4, -0.2) is 74.3 Å². The maximum atomic E-state index is 12.6. The minimum atomic E-state index is -3.59. The van der Waals surface area contributed by atoms with Crippen LogP contribution in [0.25, 0.3) is 0 Å². The van der Waals surface area contributed by atoms with E-state index in [9.17, 15) is 18.0 Å². The van der Waals surface area contributed by atoms with Gasteiger partial charge in [0.15, 0.2) is 0 Å². The predicted molar refractivity (Wildman–Crippen MR) is 96.1 cm³/mol. The summed E-state index contributed by atoms with van der Waals surface area (Å²) in [6.45, 7) is 1.12. The molecule has 1 aliphatic heterocycles. The Hall–Kier alpha value is -1.29. The molecule has 1 aromatic rings. The molecule has 0 atom stereocenters. The lowest BCUT2D eigenvalue weighted by molar-refractivity contribution is -0.137. The zero-order valence-electron chi connectivity index (χ0n) is 13.7. The molecule has 10 heteroatoms. The predicted octanol–water partition coefficient (Wildman–Crippen LogP) is 1.08. The summed E-state index contributed by atoms with van der Waals surface area (Å²) in [6, 6.07) is 6.01. The van der Waals surface area contributed by atoms with Crippen LogP contribution in [0.5, 0.6) is 0 Å². The van der Waals surface area contributed by atoms with Crippen LogP contribution in [0.3, 0.4) is 0 Å². The summed E-state index contributed by atoms with van der Waals surface area (Å²) in [5, 5.41) is 0.471. The Morgan fingerprint density at radius 3 is 2.28 bits per heavy atom. The number of rotatable bonds is 6. The summed E-state index contributed by atoms with van der Waals surface area (Å²) in [6.07, 6.45) is 0. The molecule has 1 amide bonds. The van der Waals surface area contributed by atoms with Gasteiger partial charge >= 0.3 is 5.97 Å². The molecule has 0 aromatic heterocycles. The van der Waals surface area contributed by atoms with Crippen molar-refractivity contribution in [2.45, 2.75) is 4.90 Å². The Balaban J connectivity index is 1.87. The highest BCUT2D eigenvalue weighted by Gasteiger charge is 2.30. The fraction of sp³-hybridized carbons (Fsp3) is 0.467. The summed E-state index contributed by atoms with van der Waals surface area (Å²) >= 11 is 6.97. The number of hydrogen-bond donors (Lipinski definition) is 0. The summed E-state index contributed by atoms with van der Waals surface area (Å²) in [7, 11) is -2.29. The second-order valence-electron chi connectivity index (χ2n) is 5.31. The highest BCUT2D eigenvalue weighted by atomic mass is 35.5. The number of halogens is 1. The second kappa shape index (κ2) is 8.88. The van der Waals surface area contributed by atoms with Gasteiger partial charge in [0.05, 0.1) is 23.5 Å². The lowest BCUT2D eigenvalue weighted by atomic mass is 10.3. The van der Waals surface area contributed by atoms with Gasteiger partial charge in [-0.2, -0.15) is 4.31 Å². The molecule has 1 fully saturated rings. The summed E-state index contributed by atoms with van der Waals surface area (Å²) in [5.74, 6) is -0.208. The zero-order chi connectivity index (χ0) is 18.4. The normalized spacial score (nSPS) is 15.8. The maximum absolute atomic E-state index is 12.6. The van der Waals surface area contributed by atoms with E-state index >= 15 is 0 Å². The van der Waals surface area contributed by atoms with Crippen molar-refractivity contribution in [3.63, 3.8) is 0 Å². The second-order valence-corrected chi connectivity index (χ2v) is 8.67. The van der Waals surface area contributed by atoms with E-state index in [4.69, 9.17) is 11.6 Å². The Bertz CT molecular complexity index is 716. The van der Waals surface area contributed by atoms with Crippen molar-refractivity contribution in [1.29, 1.82) is 0 Å². The van der Waals surface area contributed by atoms with Crippen molar-refractivity contribution in [3.05, 3.63) is 29.3 Å². The van der Waals surface area contributed by atoms with E-state index in [1.54, 1.807) is 4.90 Å². The average molecular weight is 407 g/mol. The SMILES string of the molecule is COC(=O)CSCC(=O)N1CCN(S(=O)(=O)c2ccc(Cl)cc2)CC1. The van der Waals surface area contributed by atoms with E-state index in [1.807, 2.05) is 0 Å². The van der Waals surface area contributed by atoms with Crippen molar-refractivity contribution >= 4 is 45.3 Å². The van der Waals surface area contributed by atoms with Crippen LogP contribution in [0, 0.1) is 0 Å². The molecule has 0 N–H and O–H groups in total. The number of methoxy groups -OCH3 is 1. The maximum Gasteiger partial charge on any atom is 0.315 e. The lowest BCUT2D eigenvalue weighted by Crippen LogP contribution is -2.51. The van der Waals surface area contributed by atoms with E-state index in [0.29, 0.717) is 18.1 Å². The quantitative estimate of drug-likeness (QED) is 0.657. The summed E-state index contributed by atoms with van der Waals surface area (Å²) in [4.78, 5) is 24.9. The van der Waals surface area contributed by atoms with Crippen LogP contribution in [0.4, 0.5) is 0 Å². The molecule has 0 aliphatic carbocycles. The Morgan fingerprint density at radius 1 is 1.12 bits per heavy atom. The summed E-state index contributed by atoms with van der Waals surface area (Å²) < 4.78 is 31.0. The number of amides is 1. The van der Waals surface area contributed by atoms with Crippen LogP contribution in [0.2, 0.25) is 5.02 Å². The molecular weight excluding hydrogens is 388 g/mol. The molecule has 0 spiro atoms. The molecule has 25 heavy (non-hydrogen) atoms. The molecule has 1 heterocycles. The standard InChI is InChI=1S/C15H19ClN2O5S2/c1-23-15(20)11-24-10-14(19)17-6-8-18(9-7-17)25(21,22)13-4-2-12(16)3-5-13/h2-5H,6-11H2,1H3. The van der Waals surface area contributed by atoms with Crippen LogP contribution >= 0.6 is 23.4 Å². The van der Waals surface area contributed by atoms with Crippen molar-refractivity contribution in [3.8, 4) is 0 Å². The van der Waals surface area contributed by atoms with Gasteiger partial charge in [-0.15, -0.1) is 11.8 Å². The van der Waals surface area contributed by atoms with Gasteiger partial charge in [0.1, 0.15) is 0 Å². The number of esters is 1. The van der Waals surface area contributed by atoms with Crippen LogP contribution in [0.1, 0.15) is 0 Å². The number of carbonyl (C=O) groups excluding carboxylic acids is 2. The number of nitrogens with zero attached hydrogens (tertiary/aromatic N) is 2. The smallest absolute Gasteiger partial charge is 0.315 e. The van der Waals surface area contributed by atoms with Gasteiger partial charge < -0.3 is 9.64 Å². The first-order valence-corrected chi connectivity index (χ1v) is 10.5. The molecule has 1 aliphatic rings. The number of carbonyl (C=O) groups is 2. The minimum absolute atomic E-state index is 0.113. The van der Waals surface area contributed by atoms with Gasteiger partial charge in [-0.3, -0.25) is 9.59 Å². The molecule has 0 unspecified atom stereocenters. The molecule has 138 valence electrons. The van der Waals surface area contributed by atoms with Crippen molar-refractivity contribution in [2.24, 2.45) is 0 Å². The first kappa shape index (κ1) is 20.0. The monoisotopic (exact) mass is 406 g/mol. The molecular formula is C15H19ClN2O5S2. The Kier molecular flexibility index (Phi) is 7.12. The fourth-order valence-electron chi connectivity index (χ4n) is 2.31. The van der Waals surface area contributed by atoms with Crippen LogP contribution in [0.15, 0.2) is 29.2 Å². The van der Waals surface area contributed by atoms with Gasteiger partial charge in [0.2, 0.25) is 15.9 Å². The Labute approximate surface area is 156 Å². The van der Waals surface area contributed by atoms with E-state index < -0.39 is 10.0 Å². The van der Waals surface area contributed by atoms with E-state index in [-0.39, 0.29) is 41.4 Å². The number of sulfonamides is 1. The molecule has 1 aromatic carbocycles. The van der Waals surface area contributed by atoms with E-state index in [2.05, 4.69) is 4.74 Å². The van der Waals surface area contributed by atoms with E-state index in [1.165, 1.54) is 47.4 Å². The third kappa shape index (κ3) is 5.34. The molecule has 0 radical (unpaired) electrons. The number of piperazine rings is 1. The molecule has 1 saturated heterocycles. The van der Waals surface area contributed by atoms with Crippen LogP contribution < -0.4 is 0 Å². The van der Waals surface area contributed by atoms with E-state index in [0.717, 1.165) is 0 Å². The molecule has 2 rings (SSSR count). The first-order chi connectivity index (χ1) is 11.8. The first-order valence-electron chi connectivity index (χ1n) is 7.52. The zero-order valence-corrected chi connectivity index (χ0v) is 16.1. The topological polar surface area (TPSA) is 84.0 Å². The molecule has 0 saturated carbocycles. The summed E-state index contributed by atoms with van der Waals surface area (Å²) in [5.41, 5.74) is 0. The third-order valence-corrected chi connectivity index (χ3v) is 6.77. The van der Waals surface area contributed by atoms with Crippen molar-refractivity contribution in [1.82, 2.24) is 9.21 Å². The van der Waals surface area contributed by atoms with Crippen molar-refractivity contribution in [2.75, 3.05) is 44.8 Å². The highest BCUT2D eigenvalue weighted by molar-refractivity contribution is 8.00. The fourth-order valence-corrected chi connectivity index (χ4v) is 4.60. The van der Waals surface area contributed by atoms with Crippen molar-refractivity contribution < 1.29 is 22.7 Å². The number of benzene rings is 1. The highest BCUT2D eigenvalue weighted by Crippen LogP contribution is 2.20. The number of thioether (sulfide) groups is 1.